The Balaban J connectivity index is 1.06. The van der Waals surface area contributed by atoms with Crippen LogP contribution < -0.4 is 15.5 Å². The first-order chi connectivity index (χ1) is 19.4. The standard InChI is InChI=1S/C31H32N6O3/c1-36(2)30-24-7-3-4-9-27(24)34-31(35-30)33-21-12-10-19(11-13-21)17-32-18-20-6-5-8-25-28(20)23-15-14-22(37(39)40)16-26(23)29(25)38/h3-9,14-16,19,21,32H,10-13,17-18H2,1-2H3,(H,33,34,35). The maximum Gasteiger partial charge on any atom is 0.270 e. The van der Waals surface area contributed by atoms with Crippen LogP contribution in [0.4, 0.5) is 17.5 Å². The number of nitrogens with one attached hydrogen (secondary N) is 2. The second-order valence-corrected chi connectivity index (χ2v) is 10.9. The lowest BCUT2D eigenvalue weighted by Gasteiger charge is -2.29. The number of aromatic nitrogens is 2. The van der Waals surface area contributed by atoms with E-state index in [9.17, 15) is 14.9 Å². The summed E-state index contributed by atoms with van der Waals surface area (Å²) in [6.45, 7) is 1.54. The number of benzene rings is 3. The first-order valence-electron chi connectivity index (χ1n) is 13.8. The van der Waals surface area contributed by atoms with Crippen molar-refractivity contribution >= 4 is 34.1 Å². The molecule has 4 aromatic rings. The Bertz CT molecular complexity index is 1610. The van der Waals surface area contributed by atoms with Gasteiger partial charge in [0.1, 0.15) is 5.82 Å². The summed E-state index contributed by atoms with van der Waals surface area (Å²) in [5, 5.41) is 19.4. The van der Waals surface area contributed by atoms with Gasteiger partial charge in [0.15, 0.2) is 5.78 Å². The minimum atomic E-state index is -0.459. The van der Waals surface area contributed by atoms with Gasteiger partial charge in [-0.05, 0) is 73.0 Å². The van der Waals surface area contributed by atoms with Crippen molar-refractivity contribution in [1.82, 2.24) is 15.3 Å². The van der Waals surface area contributed by atoms with Crippen LogP contribution in [0.3, 0.4) is 0 Å². The molecule has 1 fully saturated rings. The Morgan fingerprint density at radius 1 is 0.950 bits per heavy atom. The van der Waals surface area contributed by atoms with Gasteiger partial charge in [-0.2, -0.15) is 4.98 Å². The molecule has 40 heavy (non-hydrogen) atoms. The third-order valence-electron chi connectivity index (χ3n) is 8.06. The number of carbonyl (C=O) groups excluding carboxylic acids is 1. The van der Waals surface area contributed by atoms with Gasteiger partial charge in [0.25, 0.3) is 5.69 Å². The van der Waals surface area contributed by atoms with Gasteiger partial charge < -0.3 is 15.5 Å². The molecule has 2 N–H and O–H groups in total. The molecule has 0 unspecified atom stereocenters. The monoisotopic (exact) mass is 536 g/mol. The quantitative estimate of drug-likeness (QED) is 0.195. The Kier molecular flexibility index (Phi) is 6.89. The number of fused-ring (bicyclic) bond motifs is 4. The van der Waals surface area contributed by atoms with Crippen LogP contribution in [0.2, 0.25) is 0 Å². The SMILES string of the molecule is CN(C)c1nc(NC2CCC(CNCc3cccc4c3-c3ccc([N+](=O)[O-])cc3C4=O)CC2)nc2ccccc12. The molecule has 0 aliphatic heterocycles. The number of hydrogen-bond acceptors (Lipinski definition) is 8. The summed E-state index contributed by atoms with van der Waals surface area (Å²) in [7, 11) is 4.01. The molecule has 2 aliphatic rings. The van der Waals surface area contributed by atoms with Crippen molar-refractivity contribution in [2.45, 2.75) is 38.3 Å². The van der Waals surface area contributed by atoms with Crippen LogP contribution >= 0.6 is 0 Å². The molecular weight excluding hydrogens is 504 g/mol. The molecule has 0 amide bonds. The molecule has 9 nitrogen and oxygen atoms in total. The average Bonchev–Trinajstić information content (AvgIpc) is 3.25. The fourth-order valence-corrected chi connectivity index (χ4v) is 6.02. The van der Waals surface area contributed by atoms with Crippen LogP contribution in [0, 0.1) is 16.0 Å². The highest BCUT2D eigenvalue weighted by molar-refractivity contribution is 6.22. The molecule has 9 heteroatoms. The van der Waals surface area contributed by atoms with Crippen molar-refractivity contribution in [1.29, 1.82) is 0 Å². The minimum absolute atomic E-state index is 0.0602. The maximum atomic E-state index is 13.0. The highest BCUT2D eigenvalue weighted by atomic mass is 16.6. The van der Waals surface area contributed by atoms with E-state index in [1.54, 1.807) is 6.07 Å². The number of nitro groups is 1. The Morgan fingerprint density at radius 2 is 1.75 bits per heavy atom. The Hall–Kier alpha value is -4.37. The molecule has 0 radical (unpaired) electrons. The van der Waals surface area contributed by atoms with E-state index in [0.29, 0.717) is 35.6 Å². The number of carbonyl (C=O) groups is 1. The van der Waals surface area contributed by atoms with E-state index in [4.69, 9.17) is 9.97 Å². The lowest BCUT2D eigenvalue weighted by atomic mass is 9.86. The zero-order chi connectivity index (χ0) is 27.8. The van der Waals surface area contributed by atoms with Crippen LogP contribution in [-0.2, 0) is 6.54 Å². The smallest absolute Gasteiger partial charge is 0.270 e. The van der Waals surface area contributed by atoms with Crippen molar-refractivity contribution < 1.29 is 9.72 Å². The number of rotatable bonds is 8. The molecule has 204 valence electrons. The first-order valence-corrected chi connectivity index (χ1v) is 13.8. The van der Waals surface area contributed by atoms with Gasteiger partial charge in [-0.1, -0.05) is 30.3 Å². The number of hydrogen-bond donors (Lipinski definition) is 2. The predicted molar refractivity (Wildman–Crippen MR) is 157 cm³/mol. The van der Waals surface area contributed by atoms with Crippen LogP contribution in [0.25, 0.3) is 22.0 Å². The topological polar surface area (TPSA) is 113 Å². The first kappa shape index (κ1) is 25.9. The Labute approximate surface area is 232 Å². The molecule has 0 saturated heterocycles. The highest BCUT2D eigenvalue weighted by Crippen LogP contribution is 2.40. The van der Waals surface area contributed by atoms with Gasteiger partial charge >= 0.3 is 0 Å². The van der Waals surface area contributed by atoms with Gasteiger partial charge in [-0.15, -0.1) is 0 Å². The zero-order valence-electron chi connectivity index (χ0n) is 22.7. The van der Waals surface area contributed by atoms with E-state index >= 15 is 0 Å². The molecular formula is C31H32N6O3. The van der Waals surface area contributed by atoms with E-state index in [1.165, 1.54) is 12.1 Å². The van der Waals surface area contributed by atoms with Gasteiger partial charge in [0.05, 0.1) is 10.4 Å². The molecule has 0 spiro atoms. The molecule has 6 rings (SSSR count). The molecule has 1 heterocycles. The van der Waals surface area contributed by atoms with E-state index in [0.717, 1.165) is 65.6 Å². The average molecular weight is 537 g/mol. The van der Waals surface area contributed by atoms with Gasteiger partial charge in [-0.3, -0.25) is 14.9 Å². The summed E-state index contributed by atoms with van der Waals surface area (Å²) in [5.74, 6) is 2.03. The zero-order valence-corrected chi connectivity index (χ0v) is 22.7. The second-order valence-electron chi connectivity index (χ2n) is 10.9. The van der Waals surface area contributed by atoms with E-state index < -0.39 is 4.92 Å². The number of para-hydroxylation sites is 1. The number of anilines is 2. The summed E-state index contributed by atoms with van der Waals surface area (Å²) < 4.78 is 0. The highest BCUT2D eigenvalue weighted by Gasteiger charge is 2.30. The van der Waals surface area contributed by atoms with E-state index in [-0.39, 0.29) is 11.5 Å². The van der Waals surface area contributed by atoms with Gasteiger partial charge in [0.2, 0.25) is 5.95 Å². The Morgan fingerprint density at radius 3 is 2.52 bits per heavy atom. The summed E-state index contributed by atoms with van der Waals surface area (Å²) in [6, 6.07) is 18.7. The van der Waals surface area contributed by atoms with Gasteiger partial charge in [0, 0.05) is 55.3 Å². The number of nitrogens with zero attached hydrogens (tertiary/aromatic N) is 4. The van der Waals surface area contributed by atoms with Crippen molar-refractivity contribution in [3.63, 3.8) is 0 Å². The maximum absolute atomic E-state index is 13.0. The molecule has 2 aliphatic carbocycles. The van der Waals surface area contributed by atoms with Gasteiger partial charge in [-0.25, -0.2) is 4.98 Å². The summed E-state index contributed by atoms with van der Waals surface area (Å²) >= 11 is 0. The van der Waals surface area contributed by atoms with Crippen molar-refractivity contribution in [2.75, 3.05) is 30.9 Å². The fraction of sp³-hybridized carbons (Fsp3) is 0.323. The van der Waals surface area contributed by atoms with E-state index in [2.05, 4.69) is 16.7 Å². The minimum Gasteiger partial charge on any atom is -0.362 e. The predicted octanol–water partition coefficient (Wildman–Crippen LogP) is 5.58. The van der Waals surface area contributed by atoms with Crippen molar-refractivity contribution in [2.24, 2.45) is 5.92 Å². The molecule has 1 saturated carbocycles. The largest absolute Gasteiger partial charge is 0.362 e. The number of non-ortho nitro benzene ring substituents is 1. The molecule has 0 atom stereocenters. The second kappa shape index (κ2) is 10.7. The lowest BCUT2D eigenvalue weighted by molar-refractivity contribution is -0.384. The molecule has 1 aromatic heterocycles. The normalized spacial score (nSPS) is 17.9. The molecule has 0 bridgehead atoms. The fourth-order valence-electron chi connectivity index (χ4n) is 6.02. The third-order valence-corrected chi connectivity index (χ3v) is 8.06. The van der Waals surface area contributed by atoms with Crippen LogP contribution in [-0.4, -0.2) is 47.4 Å². The van der Waals surface area contributed by atoms with Crippen LogP contribution in [0.1, 0.15) is 47.2 Å². The number of nitro benzene ring substituents is 1. The summed E-state index contributed by atoms with van der Waals surface area (Å²) in [4.78, 5) is 35.3. The third kappa shape index (κ3) is 4.88. The van der Waals surface area contributed by atoms with Crippen molar-refractivity contribution in [3.05, 3.63) is 87.5 Å². The summed E-state index contributed by atoms with van der Waals surface area (Å²) in [6.07, 6.45) is 4.33. The van der Waals surface area contributed by atoms with Crippen LogP contribution in [0.5, 0.6) is 0 Å². The number of ketones is 1. The summed E-state index contributed by atoms with van der Waals surface area (Å²) in [5.41, 5.74) is 4.63. The van der Waals surface area contributed by atoms with Crippen LogP contribution in [0.15, 0.2) is 60.7 Å². The molecule has 3 aromatic carbocycles. The van der Waals surface area contributed by atoms with Crippen molar-refractivity contribution in [3.8, 4) is 11.1 Å². The lowest BCUT2D eigenvalue weighted by Crippen LogP contribution is -2.31. The van der Waals surface area contributed by atoms with E-state index in [1.807, 2.05) is 55.4 Å².